The Morgan fingerprint density at radius 1 is 1.16 bits per heavy atom. The van der Waals surface area contributed by atoms with Crippen LogP contribution in [0, 0.1) is 13.8 Å². The summed E-state index contributed by atoms with van der Waals surface area (Å²) in [7, 11) is 1.47. The van der Waals surface area contributed by atoms with Crippen LogP contribution in [0.5, 0.6) is 17.2 Å². The number of carbonyl (C=O) groups is 2. The fourth-order valence-electron chi connectivity index (χ4n) is 2.74. The lowest BCUT2D eigenvalue weighted by molar-refractivity contribution is -0.299. The number of hydrogen-bond donors (Lipinski definition) is 1. The average Bonchev–Trinajstić information content (AvgIpc) is 2.71. The molecule has 0 bridgehead atoms. The Bertz CT molecular complexity index is 998. The fraction of sp³-hybridized carbons (Fsp3) is 0.273. The van der Waals surface area contributed by atoms with Crippen LogP contribution in [0.25, 0.3) is 6.08 Å². The van der Waals surface area contributed by atoms with Crippen molar-refractivity contribution in [1.82, 2.24) is 5.32 Å². The van der Waals surface area contributed by atoms with Gasteiger partial charge in [0.25, 0.3) is 5.91 Å². The van der Waals surface area contributed by atoms with Crippen molar-refractivity contribution in [2.24, 2.45) is 0 Å². The molecule has 2 rings (SSSR count). The second-order valence-electron chi connectivity index (χ2n) is 6.52. The number of carbonyl (C=O) groups excluding carboxylic acids is 2. The molecule has 0 aliphatic heterocycles. The highest BCUT2D eigenvalue weighted by molar-refractivity contribution is 9.10. The summed E-state index contributed by atoms with van der Waals surface area (Å²) in [6.45, 7) is 5.52. The zero-order valence-corrected chi connectivity index (χ0v) is 19.8. The van der Waals surface area contributed by atoms with Gasteiger partial charge in [0.2, 0.25) is 0 Å². The number of rotatable bonds is 9. The van der Waals surface area contributed by atoms with Crippen molar-refractivity contribution < 1.29 is 28.9 Å². The highest BCUT2D eigenvalue weighted by atomic mass is 79.9. The van der Waals surface area contributed by atoms with Crippen molar-refractivity contribution in [3.63, 3.8) is 0 Å². The van der Waals surface area contributed by atoms with Crippen molar-refractivity contribution in [1.29, 1.82) is 0 Å². The standard InChI is InChI=1S/C22H23BrClNO6/c1-5-30-21-16(23)8-14(10-18(21)29-4)9-17(22(27)28)25-19(26)11-31-15-6-12(2)20(24)13(3)7-15/h6-10H,5,11H2,1-4H3,(H,25,26)(H,27,28)/p-1/b17-9+. The molecule has 7 nitrogen and oxygen atoms in total. The molecular weight excluding hydrogens is 490 g/mol. The second-order valence-corrected chi connectivity index (χ2v) is 7.75. The van der Waals surface area contributed by atoms with Gasteiger partial charge in [-0.3, -0.25) is 4.79 Å². The van der Waals surface area contributed by atoms with Gasteiger partial charge in [-0.05, 0) is 83.7 Å². The molecule has 0 aliphatic rings. The molecule has 0 saturated carbocycles. The van der Waals surface area contributed by atoms with E-state index in [1.54, 1.807) is 24.3 Å². The molecule has 166 valence electrons. The SMILES string of the molecule is CCOc1c(Br)cc(/C=C(/NC(=O)COc2cc(C)c(Cl)c(C)c2)C(=O)[O-])cc1OC. The number of nitrogens with one attached hydrogen (secondary N) is 1. The van der Waals surface area contributed by atoms with Gasteiger partial charge >= 0.3 is 0 Å². The van der Waals surface area contributed by atoms with Gasteiger partial charge in [0, 0.05) is 5.02 Å². The highest BCUT2D eigenvalue weighted by Gasteiger charge is 2.13. The summed E-state index contributed by atoms with van der Waals surface area (Å²) in [5.41, 5.74) is 1.65. The Labute approximate surface area is 194 Å². The summed E-state index contributed by atoms with van der Waals surface area (Å²) in [5.74, 6) is -0.853. The number of hydrogen-bond acceptors (Lipinski definition) is 6. The van der Waals surface area contributed by atoms with Crippen LogP contribution >= 0.6 is 27.5 Å². The van der Waals surface area contributed by atoms with Gasteiger partial charge in [-0.2, -0.15) is 0 Å². The van der Waals surface area contributed by atoms with Crippen molar-refractivity contribution in [2.45, 2.75) is 20.8 Å². The van der Waals surface area contributed by atoms with E-state index >= 15 is 0 Å². The second kappa shape index (κ2) is 11.1. The molecule has 0 heterocycles. The molecule has 0 atom stereocenters. The van der Waals surface area contributed by atoms with E-state index in [0.29, 0.717) is 38.9 Å². The molecular formula is C22H22BrClNO6-. The number of carboxylic acid groups (broad SMARTS) is 1. The van der Waals surface area contributed by atoms with Crippen molar-refractivity contribution >= 4 is 45.5 Å². The van der Waals surface area contributed by atoms with Crippen LogP contribution in [0.4, 0.5) is 0 Å². The van der Waals surface area contributed by atoms with E-state index in [9.17, 15) is 14.7 Å². The van der Waals surface area contributed by atoms with E-state index in [4.69, 9.17) is 25.8 Å². The smallest absolute Gasteiger partial charge is 0.262 e. The van der Waals surface area contributed by atoms with Crippen LogP contribution in [0.15, 0.2) is 34.4 Å². The van der Waals surface area contributed by atoms with Crippen LogP contribution in [-0.2, 0) is 9.59 Å². The molecule has 0 aliphatic carbocycles. The minimum atomic E-state index is -1.55. The van der Waals surface area contributed by atoms with Gasteiger partial charge in [-0.25, -0.2) is 0 Å². The fourth-order valence-corrected chi connectivity index (χ4v) is 3.43. The molecule has 1 N–H and O–H groups in total. The summed E-state index contributed by atoms with van der Waals surface area (Å²) >= 11 is 9.49. The molecule has 2 aromatic rings. The van der Waals surface area contributed by atoms with Crippen LogP contribution in [0.1, 0.15) is 23.6 Å². The Balaban J connectivity index is 2.17. The van der Waals surface area contributed by atoms with Gasteiger partial charge in [0.15, 0.2) is 18.1 Å². The first-order valence-corrected chi connectivity index (χ1v) is 10.5. The minimum Gasteiger partial charge on any atom is -0.543 e. The summed E-state index contributed by atoms with van der Waals surface area (Å²) in [6, 6.07) is 6.61. The predicted octanol–water partition coefficient (Wildman–Crippen LogP) is 3.41. The van der Waals surface area contributed by atoms with Gasteiger partial charge in [-0.1, -0.05) is 11.6 Å². The monoisotopic (exact) mass is 510 g/mol. The van der Waals surface area contributed by atoms with E-state index in [0.717, 1.165) is 11.1 Å². The third-order valence-corrected chi connectivity index (χ3v) is 5.31. The van der Waals surface area contributed by atoms with E-state index < -0.39 is 17.6 Å². The summed E-state index contributed by atoms with van der Waals surface area (Å²) in [5, 5.41) is 14.4. The first kappa shape index (κ1) is 24.6. The third-order valence-electron chi connectivity index (χ3n) is 4.13. The number of ether oxygens (including phenoxy) is 3. The van der Waals surface area contributed by atoms with E-state index in [-0.39, 0.29) is 6.61 Å². The number of methoxy groups -OCH3 is 1. The quantitative estimate of drug-likeness (QED) is 0.518. The molecule has 0 saturated heterocycles. The lowest BCUT2D eigenvalue weighted by Gasteiger charge is -2.15. The van der Waals surface area contributed by atoms with Crippen molar-refractivity contribution in [3.8, 4) is 17.2 Å². The number of amides is 1. The Morgan fingerprint density at radius 2 is 1.81 bits per heavy atom. The first-order valence-electron chi connectivity index (χ1n) is 9.29. The first-order chi connectivity index (χ1) is 14.7. The summed E-state index contributed by atoms with van der Waals surface area (Å²) in [4.78, 5) is 23.8. The normalized spacial score (nSPS) is 11.1. The zero-order chi connectivity index (χ0) is 23.1. The molecule has 1 amide bonds. The largest absolute Gasteiger partial charge is 0.543 e. The van der Waals surface area contributed by atoms with Crippen molar-refractivity contribution in [2.75, 3.05) is 20.3 Å². The minimum absolute atomic E-state index is 0.387. The number of aliphatic carboxylic acids is 1. The number of halogens is 2. The molecule has 31 heavy (non-hydrogen) atoms. The maximum absolute atomic E-state index is 12.2. The number of carboxylic acids is 1. The lowest BCUT2D eigenvalue weighted by atomic mass is 10.1. The molecule has 0 radical (unpaired) electrons. The number of aryl methyl sites for hydroxylation is 2. The Hall–Kier alpha value is -2.71. The van der Waals surface area contributed by atoms with E-state index in [2.05, 4.69) is 21.2 Å². The third kappa shape index (κ3) is 6.63. The van der Waals surface area contributed by atoms with Gasteiger partial charge in [0.05, 0.1) is 29.9 Å². The molecule has 0 fully saturated rings. The Kier molecular flexibility index (Phi) is 8.76. The van der Waals surface area contributed by atoms with Crippen molar-refractivity contribution in [3.05, 3.63) is 56.1 Å². The van der Waals surface area contributed by atoms with Crippen LogP contribution in [0.2, 0.25) is 5.02 Å². The van der Waals surface area contributed by atoms with E-state index in [1.807, 2.05) is 20.8 Å². The van der Waals surface area contributed by atoms with Gasteiger partial charge < -0.3 is 29.4 Å². The molecule has 2 aromatic carbocycles. The van der Waals surface area contributed by atoms with Crippen LogP contribution in [-0.4, -0.2) is 32.2 Å². The van der Waals surface area contributed by atoms with Crippen LogP contribution in [0.3, 0.4) is 0 Å². The maximum Gasteiger partial charge on any atom is 0.262 e. The van der Waals surface area contributed by atoms with Crippen LogP contribution < -0.4 is 24.6 Å². The molecule has 0 spiro atoms. The topological polar surface area (TPSA) is 96.9 Å². The predicted molar refractivity (Wildman–Crippen MR) is 119 cm³/mol. The lowest BCUT2D eigenvalue weighted by Crippen LogP contribution is -2.37. The Morgan fingerprint density at radius 3 is 2.35 bits per heavy atom. The van der Waals surface area contributed by atoms with Gasteiger partial charge in [0.1, 0.15) is 5.75 Å². The maximum atomic E-state index is 12.2. The summed E-state index contributed by atoms with van der Waals surface area (Å²) in [6.07, 6.45) is 1.26. The zero-order valence-electron chi connectivity index (χ0n) is 17.5. The molecule has 9 heteroatoms. The molecule has 0 unspecified atom stereocenters. The number of benzene rings is 2. The highest BCUT2D eigenvalue weighted by Crippen LogP contribution is 2.37. The van der Waals surface area contributed by atoms with Gasteiger partial charge in [-0.15, -0.1) is 0 Å². The summed E-state index contributed by atoms with van der Waals surface area (Å²) < 4.78 is 16.8. The molecule has 0 aromatic heterocycles. The average molecular weight is 512 g/mol. The van der Waals surface area contributed by atoms with E-state index in [1.165, 1.54) is 13.2 Å².